The Labute approximate surface area is 102 Å². The Kier molecular flexibility index (Phi) is 4.12. The molecule has 0 spiro atoms. The molecule has 1 saturated heterocycles. The molecule has 1 N–H and O–H groups in total. The zero-order valence-electron chi connectivity index (χ0n) is 10.4. The van der Waals surface area contributed by atoms with E-state index < -0.39 is 5.60 Å². The first kappa shape index (κ1) is 12.5. The molecular formula is C12H21N3O2. The van der Waals surface area contributed by atoms with E-state index in [4.69, 9.17) is 4.74 Å². The highest BCUT2D eigenvalue weighted by Crippen LogP contribution is 2.24. The second-order valence-corrected chi connectivity index (χ2v) is 4.77. The number of hydrogen-bond donors (Lipinski definition) is 1. The van der Waals surface area contributed by atoms with E-state index in [1.54, 1.807) is 6.33 Å². The standard InChI is InChI=1S/C12H21N3O2/c1-2-6-15-11(13-10-14-15)9-12(16)4-3-7-17-8-5-12/h10,16H,2-9H2,1H3. The van der Waals surface area contributed by atoms with E-state index in [1.165, 1.54) is 0 Å². The van der Waals surface area contributed by atoms with Crippen LogP contribution in [-0.4, -0.2) is 38.7 Å². The number of aryl methyl sites for hydroxylation is 1. The Balaban J connectivity index is 2.04. The van der Waals surface area contributed by atoms with Crippen LogP contribution >= 0.6 is 0 Å². The van der Waals surface area contributed by atoms with Gasteiger partial charge < -0.3 is 9.84 Å². The summed E-state index contributed by atoms with van der Waals surface area (Å²) in [5, 5.41) is 14.7. The van der Waals surface area contributed by atoms with Gasteiger partial charge in [-0.2, -0.15) is 5.10 Å². The first-order valence-corrected chi connectivity index (χ1v) is 6.40. The van der Waals surface area contributed by atoms with Gasteiger partial charge in [0.15, 0.2) is 0 Å². The molecule has 0 saturated carbocycles. The van der Waals surface area contributed by atoms with Crippen LogP contribution in [0.4, 0.5) is 0 Å². The van der Waals surface area contributed by atoms with Crippen molar-refractivity contribution in [2.24, 2.45) is 0 Å². The maximum Gasteiger partial charge on any atom is 0.138 e. The summed E-state index contributed by atoms with van der Waals surface area (Å²) in [4.78, 5) is 4.26. The van der Waals surface area contributed by atoms with Crippen LogP contribution in [0.1, 0.15) is 38.4 Å². The molecule has 1 aliphatic rings. The minimum atomic E-state index is -0.672. The molecule has 17 heavy (non-hydrogen) atoms. The predicted octanol–water partition coefficient (Wildman–Crippen LogP) is 1.16. The molecule has 1 unspecified atom stereocenters. The maximum absolute atomic E-state index is 10.6. The van der Waals surface area contributed by atoms with Crippen molar-refractivity contribution in [3.63, 3.8) is 0 Å². The van der Waals surface area contributed by atoms with E-state index in [9.17, 15) is 5.11 Å². The van der Waals surface area contributed by atoms with Crippen molar-refractivity contribution in [3.05, 3.63) is 12.2 Å². The van der Waals surface area contributed by atoms with Gasteiger partial charge >= 0.3 is 0 Å². The highest BCUT2D eigenvalue weighted by atomic mass is 16.5. The third kappa shape index (κ3) is 3.26. The van der Waals surface area contributed by atoms with E-state index in [2.05, 4.69) is 17.0 Å². The molecule has 1 aliphatic heterocycles. The fraction of sp³-hybridized carbons (Fsp3) is 0.833. The fourth-order valence-electron chi connectivity index (χ4n) is 2.29. The van der Waals surface area contributed by atoms with E-state index in [0.29, 0.717) is 19.4 Å². The third-order valence-electron chi connectivity index (χ3n) is 3.26. The first-order valence-electron chi connectivity index (χ1n) is 6.40. The SMILES string of the molecule is CCCn1ncnc1CC1(O)CCCOCC1. The highest BCUT2D eigenvalue weighted by Gasteiger charge is 2.30. The third-order valence-corrected chi connectivity index (χ3v) is 3.26. The molecule has 1 fully saturated rings. The molecule has 5 nitrogen and oxygen atoms in total. The molecule has 0 amide bonds. The molecule has 96 valence electrons. The van der Waals surface area contributed by atoms with Crippen molar-refractivity contribution in [3.8, 4) is 0 Å². The lowest BCUT2D eigenvalue weighted by molar-refractivity contribution is 0.0162. The number of rotatable bonds is 4. The first-order chi connectivity index (χ1) is 8.23. The zero-order chi connectivity index (χ0) is 12.1. The van der Waals surface area contributed by atoms with Gasteiger partial charge in [-0.05, 0) is 25.7 Å². The van der Waals surface area contributed by atoms with Crippen molar-refractivity contribution in [1.29, 1.82) is 0 Å². The highest BCUT2D eigenvalue weighted by molar-refractivity contribution is 4.95. The minimum Gasteiger partial charge on any atom is -0.389 e. The van der Waals surface area contributed by atoms with Crippen LogP contribution in [0.15, 0.2) is 6.33 Å². The molecule has 5 heteroatoms. The molecule has 1 aromatic rings. The van der Waals surface area contributed by atoms with Gasteiger partial charge in [-0.15, -0.1) is 0 Å². The van der Waals surface area contributed by atoms with Gasteiger partial charge in [0, 0.05) is 26.2 Å². The maximum atomic E-state index is 10.6. The van der Waals surface area contributed by atoms with Gasteiger partial charge in [0.1, 0.15) is 12.2 Å². The number of ether oxygens (including phenoxy) is 1. The van der Waals surface area contributed by atoms with Crippen LogP contribution in [0.2, 0.25) is 0 Å². The molecule has 2 rings (SSSR count). The van der Waals surface area contributed by atoms with Crippen molar-refractivity contribution in [2.75, 3.05) is 13.2 Å². The molecule has 1 atom stereocenters. The second kappa shape index (κ2) is 5.60. The normalized spacial score (nSPS) is 25.8. The van der Waals surface area contributed by atoms with Gasteiger partial charge in [-0.1, -0.05) is 6.92 Å². The molecule has 0 aromatic carbocycles. The Morgan fingerprint density at radius 1 is 1.47 bits per heavy atom. The van der Waals surface area contributed by atoms with Crippen molar-refractivity contribution < 1.29 is 9.84 Å². The van der Waals surface area contributed by atoms with E-state index in [0.717, 1.165) is 38.2 Å². The van der Waals surface area contributed by atoms with Crippen molar-refractivity contribution in [2.45, 2.75) is 51.2 Å². The van der Waals surface area contributed by atoms with Crippen molar-refractivity contribution >= 4 is 0 Å². The van der Waals surface area contributed by atoms with Gasteiger partial charge in [0.05, 0.1) is 5.60 Å². The van der Waals surface area contributed by atoms with E-state index in [1.807, 2.05) is 4.68 Å². The summed E-state index contributed by atoms with van der Waals surface area (Å²) in [7, 11) is 0. The molecule has 0 aliphatic carbocycles. The summed E-state index contributed by atoms with van der Waals surface area (Å²) in [6.45, 7) is 4.37. The van der Waals surface area contributed by atoms with Crippen LogP contribution in [0, 0.1) is 0 Å². The number of aliphatic hydroxyl groups is 1. The van der Waals surface area contributed by atoms with Gasteiger partial charge in [-0.3, -0.25) is 4.68 Å². The van der Waals surface area contributed by atoms with E-state index >= 15 is 0 Å². The van der Waals surface area contributed by atoms with Gasteiger partial charge in [0.25, 0.3) is 0 Å². The quantitative estimate of drug-likeness (QED) is 0.856. The molecular weight excluding hydrogens is 218 g/mol. The molecule has 0 radical (unpaired) electrons. The van der Waals surface area contributed by atoms with Gasteiger partial charge in [0.2, 0.25) is 0 Å². The Morgan fingerprint density at radius 2 is 2.35 bits per heavy atom. The van der Waals surface area contributed by atoms with Crippen molar-refractivity contribution in [1.82, 2.24) is 14.8 Å². The zero-order valence-corrected chi connectivity index (χ0v) is 10.4. The summed E-state index contributed by atoms with van der Waals surface area (Å²) in [5.74, 6) is 0.885. The van der Waals surface area contributed by atoms with Crippen LogP contribution < -0.4 is 0 Å². The Bertz CT molecular complexity index is 343. The Hall–Kier alpha value is -0.940. The lowest BCUT2D eigenvalue weighted by atomic mass is 9.91. The predicted molar refractivity (Wildman–Crippen MR) is 63.6 cm³/mol. The fourth-order valence-corrected chi connectivity index (χ4v) is 2.29. The van der Waals surface area contributed by atoms with Crippen LogP contribution in [0.5, 0.6) is 0 Å². The summed E-state index contributed by atoms with van der Waals surface area (Å²) in [6.07, 6.45) is 5.56. The number of hydrogen-bond acceptors (Lipinski definition) is 4. The summed E-state index contributed by atoms with van der Waals surface area (Å²) < 4.78 is 7.28. The monoisotopic (exact) mass is 239 g/mol. The lowest BCUT2D eigenvalue weighted by Crippen LogP contribution is -2.33. The van der Waals surface area contributed by atoms with Crippen LogP contribution in [0.25, 0.3) is 0 Å². The van der Waals surface area contributed by atoms with Crippen LogP contribution in [0.3, 0.4) is 0 Å². The minimum absolute atomic E-state index is 0.580. The van der Waals surface area contributed by atoms with Crippen LogP contribution in [-0.2, 0) is 17.7 Å². The van der Waals surface area contributed by atoms with Gasteiger partial charge in [-0.25, -0.2) is 4.98 Å². The average Bonchev–Trinajstić information content (AvgIpc) is 2.60. The Morgan fingerprint density at radius 3 is 3.18 bits per heavy atom. The molecule has 1 aromatic heterocycles. The number of aromatic nitrogens is 3. The number of nitrogens with zero attached hydrogens (tertiary/aromatic N) is 3. The molecule has 2 heterocycles. The second-order valence-electron chi connectivity index (χ2n) is 4.77. The lowest BCUT2D eigenvalue weighted by Gasteiger charge is -2.25. The average molecular weight is 239 g/mol. The molecule has 0 bridgehead atoms. The summed E-state index contributed by atoms with van der Waals surface area (Å²) in [5.41, 5.74) is -0.672. The largest absolute Gasteiger partial charge is 0.389 e. The summed E-state index contributed by atoms with van der Waals surface area (Å²) in [6, 6.07) is 0. The summed E-state index contributed by atoms with van der Waals surface area (Å²) >= 11 is 0. The topological polar surface area (TPSA) is 60.2 Å². The van der Waals surface area contributed by atoms with E-state index in [-0.39, 0.29) is 0 Å². The smallest absolute Gasteiger partial charge is 0.138 e.